The highest BCUT2D eigenvalue weighted by atomic mass is 16.6. The van der Waals surface area contributed by atoms with E-state index < -0.39 is 4.92 Å². The van der Waals surface area contributed by atoms with Crippen molar-refractivity contribution in [2.75, 3.05) is 18.5 Å². The first-order valence-electron chi connectivity index (χ1n) is 6.33. The van der Waals surface area contributed by atoms with Crippen LogP contribution in [0.5, 0.6) is 5.75 Å². The Labute approximate surface area is 117 Å². The highest BCUT2D eigenvalue weighted by Crippen LogP contribution is 2.22. The van der Waals surface area contributed by atoms with E-state index >= 15 is 0 Å². The van der Waals surface area contributed by atoms with Crippen molar-refractivity contribution in [2.24, 2.45) is 0 Å². The molecule has 0 amide bonds. The Morgan fingerprint density at radius 1 is 1.20 bits per heavy atom. The number of anilines is 1. The minimum atomic E-state index is -0.399. The van der Waals surface area contributed by atoms with Gasteiger partial charge in [-0.05, 0) is 30.7 Å². The smallest absolute Gasteiger partial charge is 0.292 e. The molecule has 0 radical (unpaired) electrons. The highest BCUT2D eigenvalue weighted by Gasteiger charge is 2.11. The summed E-state index contributed by atoms with van der Waals surface area (Å²) in [6.07, 6.45) is 0. The molecule has 0 bridgehead atoms. The number of rotatable bonds is 6. The summed E-state index contributed by atoms with van der Waals surface area (Å²) in [7, 11) is 0. The van der Waals surface area contributed by atoms with Crippen LogP contribution in [-0.4, -0.2) is 18.1 Å². The zero-order valence-corrected chi connectivity index (χ0v) is 11.2. The molecule has 0 saturated heterocycles. The van der Waals surface area contributed by atoms with E-state index in [-0.39, 0.29) is 5.69 Å². The summed E-state index contributed by atoms with van der Waals surface area (Å²) in [4.78, 5) is 10.4. The molecule has 2 rings (SSSR count). The van der Waals surface area contributed by atoms with E-state index in [1.54, 1.807) is 18.2 Å². The number of nitro benzene ring substituents is 1. The second-order valence-electron chi connectivity index (χ2n) is 4.37. The standard InChI is InChI=1S/C15H16N2O3/c1-12-5-4-6-13(11-12)20-10-9-16-14-7-2-3-8-15(14)17(18)19/h2-8,11,16H,9-10H2,1H3. The monoisotopic (exact) mass is 272 g/mol. The molecule has 0 saturated carbocycles. The van der Waals surface area contributed by atoms with Gasteiger partial charge < -0.3 is 10.1 Å². The summed E-state index contributed by atoms with van der Waals surface area (Å²) < 4.78 is 5.58. The van der Waals surface area contributed by atoms with Gasteiger partial charge >= 0.3 is 0 Å². The van der Waals surface area contributed by atoms with E-state index in [2.05, 4.69) is 5.32 Å². The Hall–Kier alpha value is -2.56. The van der Waals surface area contributed by atoms with Crippen molar-refractivity contribution in [2.45, 2.75) is 6.92 Å². The van der Waals surface area contributed by atoms with Crippen LogP contribution in [0.15, 0.2) is 48.5 Å². The molecule has 5 nitrogen and oxygen atoms in total. The fraction of sp³-hybridized carbons (Fsp3) is 0.200. The molecule has 5 heteroatoms. The fourth-order valence-corrected chi connectivity index (χ4v) is 1.84. The summed E-state index contributed by atoms with van der Waals surface area (Å²) >= 11 is 0. The van der Waals surface area contributed by atoms with Gasteiger partial charge in [-0.25, -0.2) is 0 Å². The van der Waals surface area contributed by atoms with Gasteiger partial charge in [0.25, 0.3) is 5.69 Å². The average Bonchev–Trinajstić information content (AvgIpc) is 2.44. The van der Waals surface area contributed by atoms with Crippen molar-refractivity contribution in [3.05, 3.63) is 64.2 Å². The van der Waals surface area contributed by atoms with Gasteiger partial charge in [0.1, 0.15) is 18.0 Å². The molecule has 2 aromatic carbocycles. The maximum Gasteiger partial charge on any atom is 0.292 e. The van der Waals surface area contributed by atoms with E-state index in [1.165, 1.54) is 6.07 Å². The molecule has 0 aliphatic heterocycles. The van der Waals surface area contributed by atoms with Crippen LogP contribution in [0.1, 0.15) is 5.56 Å². The summed E-state index contributed by atoms with van der Waals surface area (Å²) in [5, 5.41) is 13.9. The van der Waals surface area contributed by atoms with Crippen molar-refractivity contribution < 1.29 is 9.66 Å². The van der Waals surface area contributed by atoms with Crippen LogP contribution < -0.4 is 10.1 Å². The number of nitrogens with zero attached hydrogens (tertiary/aromatic N) is 1. The number of nitro groups is 1. The Kier molecular flexibility index (Phi) is 4.55. The summed E-state index contributed by atoms with van der Waals surface area (Å²) in [6.45, 7) is 2.94. The number of aryl methyl sites for hydroxylation is 1. The van der Waals surface area contributed by atoms with Crippen LogP contribution in [0, 0.1) is 17.0 Å². The lowest BCUT2D eigenvalue weighted by Crippen LogP contribution is -2.12. The molecule has 1 N–H and O–H groups in total. The van der Waals surface area contributed by atoms with Gasteiger partial charge in [0.2, 0.25) is 0 Å². The molecule has 0 heterocycles. The lowest BCUT2D eigenvalue weighted by molar-refractivity contribution is -0.384. The van der Waals surface area contributed by atoms with Gasteiger partial charge in [0.15, 0.2) is 0 Å². The molecule has 20 heavy (non-hydrogen) atoms. The first-order chi connectivity index (χ1) is 9.66. The second-order valence-corrected chi connectivity index (χ2v) is 4.37. The Morgan fingerprint density at radius 2 is 2.00 bits per heavy atom. The third-order valence-corrected chi connectivity index (χ3v) is 2.78. The van der Waals surface area contributed by atoms with Crippen LogP contribution in [0.4, 0.5) is 11.4 Å². The molecule has 0 aliphatic rings. The van der Waals surface area contributed by atoms with Gasteiger partial charge in [-0.2, -0.15) is 0 Å². The van der Waals surface area contributed by atoms with Crippen LogP contribution in [0.25, 0.3) is 0 Å². The van der Waals surface area contributed by atoms with E-state index in [0.717, 1.165) is 11.3 Å². The number of benzene rings is 2. The summed E-state index contributed by atoms with van der Waals surface area (Å²) in [6, 6.07) is 14.3. The van der Waals surface area contributed by atoms with Crippen LogP contribution in [0.2, 0.25) is 0 Å². The van der Waals surface area contributed by atoms with Crippen molar-refractivity contribution in [1.82, 2.24) is 0 Å². The maximum atomic E-state index is 10.8. The molecule has 0 fully saturated rings. The Morgan fingerprint density at radius 3 is 2.75 bits per heavy atom. The predicted molar refractivity (Wildman–Crippen MR) is 78.3 cm³/mol. The molecule has 0 atom stereocenters. The predicted octanol–water partition coefficient (Wildman–Crippen LogP) is 3.39. The third-order valence-electron chi connectivity index (χ3n) is 2.78. The van der Waals surface area contributed by atoms with E-state index in [1.807, 2.05) is 31.2 Å². The third kappa shape index (κ3) is 3.71. The largest absolute Gasteiger partial charge is 0.492 e. The van der Waals surface area contributed by atoms with Gasteiger partial charge in [0, 0.05) is 12.6 Å². The molecular weight excluding hydrogens is 256 g/mol. The minimum absolute atomic E-state index is 0.0723. The van der Waals surface area contributed by atoms with Crippen LogP contribution >= 0.6 is 0 Å². The van der Waals surface area contributed by atoms with Gasteiger partial charge in [-0.3, -0.25) is 10.1 Å². The number of hydrogen-bond acceptors (Lipinski definition) is 4. The van der Waals surface area contributed by atoms with Crippen molar-refractivity contribution >= 4 is 11.4 Å². The molecule has 0 aromatic heterocycles. The first kappa shape index (κ1) is 13.9. The highest BCUT2D eigenvalue weighted by molar-refractivity contribution is 5.61. The minimum Gasteiger partial charge on any atom is -0.492 e. The first-order valence-corrected chi connectivity index (χ1v) is 6.33. The maximum absolute atomic E-state index is 10.8. The molecule has 2 aromatic rings. The number of nitrogens with one attached hydrogen (secondary N) is 1. The molecular formula is C15H16N2O3. The lowest BCUT2D eigenvalue weighted by Gasteiger charge is -2.09. The lowest BCUT2D eigenvalue weighted by atomic mass is 10.2. The zero-order valence-electron chi connectivity index (χ0n) is 11.2. The van der Waals surface area contributed by atoms with Gasteiger partial charge in [-0.15, -0.1) is 0 Å². The topological polar surface area (TPSA) is 64.4 Å². The van der Waals surface area contributed by atoms with Crippen LogP contribution in [0.3, 0.4) is 0 Å². The van der Waals surface area contributed by atoms with Crippen LogP contribution in [-0.2, 0) is 0 Å². The van der Waals surface area contributed by atoms with E-state index in [0.29, 0.717) is 18.8 Å². The molecule has 0 spiro atoms. The molecule has 0 aliphatic carbocycles. The van der Waals surface area contributed by atoms with E-state index in [9.17, 15) is 10.1 Å². The quantitative estimate of drug-likeness (QED) is 0.497. The fourth-order valence-electron chi connectivity index (χ4n) is 1.84. The van der Waals surface area contributed by atoms with Gasteiger partial charge in [-0.1, -0.05) is 24.3 Å². The number of ether oxygens (including phenoxy) is 1. The zero-order chi connectivity index (χ0) is 14.4. The van der Waals surface area contributed by atoms with Crippen molar-refractivity contribution in [3.8, 4) is 5.75 Å². The SMILES string of the molecule is Cc1cccc(OCCNc2ccccc2[N+](=O)[O-])c1. The molecule has 104 valence electrons. The average molecular weight is 272 g/mol. The Bertz CT molecular complexity index is 599. The summed E-state index contributed by atoms with van der Waals surface area (Å²) in [5.41, 5.74) is 1.71. The van der Waals surface area contributed by atoms with Crippen molar-refractivity contribution in [3.63, 3.8) is 0 Å². The number of hydrogen-bond donors (Lipinski definition) is 1. The summed E-state index contributed by atoms with van der Waals surface area (Å²) in [5.74, 6) is 0.800. The Balaban J connectivity index is 1.86. The van der Waals surface area contributed by atoms with E-state index in [4.69, 9.17) is 4.74 Å². The second kappa shape index (κ2) is 6.56. The molecule has 0 unspecified atom stereocenters. The number of para-hydroxylation sites is 2. The van der Waals surface area contributed by atoms with Gasteiger partial charge in [0.05, 0.1) is 4.92 Å². The normalized spacial score (nSPS) is 10.1. The van der Waals surface area contributed by atoms with Crippen molar-refractivity contribution in [1.29, 1.82) is 0 Å².